The van der Waals surface area contributed by atoms with Crippen molar-refractivity contribution in [1.82, 2.24) is 0 Å². The number of hydrogen-bond donors (Lipinski definition) is 4. The molecule has 3 rings (SSSR count). The van der Waals surface area contributed by atoms with E-state index in [1.165, 1.54) is 36.4 Å². The number of carbonyl (C=O) groups is 4. The van der Waals surface area contributed by atoms with Gasteiger partial charge in [0.25, 0.3) is 5.69 Å². The summed E-state index contributed by atoms with van der Waals surface area (Å²) in [7, 11) is 0. The fourth-order valence-corrected chi connectivity index (χ4v) is 3.22. The highest BCUT2D eigenvalue weighted by Crippen LogP contribution is 2.36. The Hall–Kier alpha value is -5.06. The minimum atomic E-state index is -1.67. The average Bonchev–Trinajstić information content (AvgIpc) is 2.77. The molecular formula is C22H13NO10. The Morgan fingerprint density at radius 2 is 1.06 bits per heavy atom. The highest BCUT2D eigenvalue weighted by molar-refractivity contribution is 6.01. The van der Waals surface area contributed by atoms with Gasteiger partial charge in [0.05, 0.1) is 27.2 Å². The van der Waals surface area contributed by atoms with Crippen LogP contribution >= 0.6 is 0 Å². The molecule has 0 aliphatic carbocycles. The van der Waals surface area contributed by atoms with E-state index in [1.807, 2.05) is 0 Å². The highest BCUT2D eigenvalue weighted by Gasteiger charge is 2.28. The summed E-state index contributed by atoms with van der Waals surface area (Å²) in [5.41, 5.74) is -2.05. The minimum Gasteiger partial charge on any atom is -0.478 e. The number of aromatic carboxylic acids is 4. The molecule has 4 N–H and O–H groups in total. The molecule has 3 aromatic carbocycles. The topological polar surface area (TPSA) is 192 Å². The van der Waals surface area contributed by atoms with Crippen LogP contribution in [0.1, 0.15) is 41.4 Å². The number of benzene rings is 3. The molecule has 0 amide bonds. The van der Waals surface area contributed by atoms with E-state index in [-0.39, 0.29) is 27.8 Å². The molecule has 3 aromatic rings. The molecule has 0 saturated heterocycles. The fraction of sp³-hybridized carbons (Fsp3) is 0. The fourth-order valence-electron chi connectivity index (χ4n) is 3.22. The standard InChI is InChI=1S/C22H13NO10/c24-19(25)13-5-12(6-14(7-13)20(26)27)10-1-3-11(4-2-10)16-8-15(21(28)29)9-17(22(30)31)18(16)23(32)33/h1-9H,(H,24,25)(H,26,27)(H,28,29)(H,30,31). The molecule has 0 aliphatic heterocycles. The number of nitrogens with zero attached hydrogens (tertiary/aromatic N) is 1. The lowest BCUT2D eigenvalue weighted by Gasteiger charge is -2.10. The number of nitro benzene ring substituents is 1. The van der Waals surface area contributed by atoms with Gasteiger partial charge in [0.2, 0.25) is 0 Å². The van der Waals surface area contributed by atoms with Gasteiger partial charge in [-0.15, -0.1) is 0 Å². The van der Waals surface area contributed by atoms with E-state index >= 15 is 0 Å². The predicted molar refractivity (Wildman–Crippen MR) is 112 cm³/mol. The second kappa shape index (κ2) is 8.59. The van der Waals surface area contributed by atoms with Gasteiger partial charge < -0.3 is 20.4 Å². The number of nitro groups is 1. The van der Waals surface area contributed by atoms with Crippen LogP contribution in [0, 0.1) is 10.1 Å². The van der Waals surface area contributed by atoms with Gasteiger partial charge in [-0.2, -0.15) is 0 Å². The van der Waals surface area contributed by atoms with Crippen LogP contribution in [0.25, 0.3) is 22.3 Å². The van der Waals surface area contributed by atoms with E-state index in [4.69, 9.17) is 0 Å². The smallest absolute Gasteiger partial charge is 0.342 e. The lowest BCUT2D eigenvalue weighted by atomic mass is 9.94. The Morgan fingerprint density at radius 1 is 0.606 bits per heavy atom. The van der Waals surface area contributed by atoms with Crippen LogP contribution in [0.4, 0.5) is 5.69 Å². The average molecular weight is 451 g/mol. The zero-order valence-electron chi connectivity index (χ0n) is 16.4. The van der Waals surface area contributed by atoms with Crippen LogP contribution in [0.15, 0.2) is 54.6 Å². The van der Waals surface area contributed by atoms with E-state index < -0.39 is 45.6 Å². The van der Waals surface area contributed by atoms with Crippen molar-refractivity contribution in [3.05, 3.63) is 87.0 Å². The van der Waals surface area contributed by atoms with E-state index in [0.29, 0.717) is 11.6 Å². The van der Waals surface area contributed by atoms with E-state index in [1.54, 1.807) is 0 Å². The molecule has 0 aromatic heterocycles. The second-order valence-corrected chi connectivity index (χ2v) is 6.77. The summed E-state index contributed by atoms with van der Waals surface area (Å²) in [4.78, 5) is 56.2. The monoisotopic (exact) mass is 451 g/mol. The van der Waals surface area contributed by atoms with Crippen LogP contribution in [-0.2, 0) is 0 Å². The van der Waals surface area contributed by atoms with Crippen molar-refractivity contribution in [2.24, 2.45) is 0 Å². The minimum absolute atomic E-state index is 0.129. The van der Waals surface area contributed by atoms with Crippen molar-refractivity contribution in [3.63, 3.8) is 0 Å². The normalized spacial score (nSPS) is 10.4. The number of rotatable bonds is 7. The molecular weight excluding hydrogens is 438 g/mol. The second-order valence-electron chi connectivity index (χ2n) is 6.77. The molecule has 0 radical (unpaired) electrons. The van der Waals surface area contributed by atoms with Crippen LogP contribution in [0.3, 0.4) is 0 Å². The summed E-state index contributed by atoms with van der Waals surface area (Å²) in [5, 5.41) is 48.6. The van der Waals surface area contributed by atoms with Crippen molar-refractivity contribution in [3.8, 4) is 22.3 Å². The molecule has 33 heavy (non-hydrogen) atoms. The number of carboxylic acids is 4. The maximum Gasteiger partial charge on any atom is 0.342 e. The summed E-state index contributed by atoms with van der Waals surface area (Å²) in [6, 6.07) is 10.7. The first-order valence-corrected chi connectivity index (χ1v) is 9.01. The molecule has 0 unspecified atom stereocenters. The Morgan fingerprint density at radius 3 is 1.48 bits per heavy atom. The first-order chi connectivity index (χ1) is 15.5. The van der Waals surface area contributed by atoms with Crippen LogP contribution in [-0.4, -0.2) is 49.2 Å². The number of carboxylic acid groups (broad SMARTS) is 4. The Balaban J connectivity index is 2.19. The zero-order chi connectivity index (χ0) is 24.4. The largest absolute Gasteiger partial charge is 0.478 e. The summed E-state index contributed by atoms with van der Waals surface area (Å²) in [6.07, 6.45) is 0. The first kappa shape index (κ1) is 22.6. The summed E-state index contributed by atoms with van der Waals surface area (Å²) >= 11 is 0. The molecule has 0 aliphatic rings. The Labute approximate surface area is 183 Å². The summed E-state index contributed by atoms with van der Waals surface area (Å²) < 4.78 is 0. The van der Waals surface area contributed by atoms with Crippen molar-refractivity contribution in [2.45, 2.75) is 0 Å². The van der Waals surface area contributed by atoms with Gasteiger partial charge in [0.1, 0.15) is 5.56 Å². The predicted octanol–water partition coefficient (Wildman–Crippen LogP) is 3.72. The third-order valence-corrected chi connectivity index (χ3v) is 4.73. The van der Waals surface area contributed by atoms with Gasteiger partial charge >= 0.3 is 23.9 Å². The first-order valence-electron chi connectivity index (χ1n) is 9.01. The van der Waals surface area contributed by atoms with Gasteiger partial charge in [0.15, 0.2) is 0 Å². The maximum absolute atomic E-state index is 11.6. The van der Waals surface area contributed by atoms with E-state index in [9.17, 15) is 49.7 Å². The molecule has 0 bridgehead atoms. The van der Waals surface area contributed by atoms with Crippen molar-refractivity contribution >= 4 is 29.6 Å². The zero-order valence-corrected chi connectivity index (χ0v) is 16.4. The van der Waals surface area contributed by atoms with Crippen LogP contribution in [0.5, 0.6) is 0 Å². The van der Waals surface area contributed by atoms with Crippen molar-refractivity contribution in [2.75, 3.05) is 0 Å². The molecule has 0 atom stereocenters. The molecule has 11 nitrogen and oxygen atoms in total. The van der Waals surface area contributed by atoms with Crippen LogP contribution in [0.2, 0.25) is 0 Å². The highest BCUT2D eigenvalue weighted by atomic mass is 16.6. The quantitative estimate of drug-likeness (QED) is 0.304. The SMILES string of the molecule is O=C(O)c1cc(C(=O)O)cc(-c2ccc(-c3cc(C(=O)O)cc(C(=O)O)c3[N+](=O)[O-])cc2)c1. The molecule has 0 heterocycles. The molecule has 11 heteroatoms. The number of hydrogen-bond acceptors (Lipinski definition) is 6. The third-order valence-electron chi connectivity index (χ3n) is 4.73. The van der Waals surface area contributed by atoms with Gasteiger partial charge in [-0.05, 0) is 47.0 Å². The Bertz CT molecular complexity index is 1310. The molecule has 0 saturated carbocycles. The lowest BCUT2D eigenvalue weighted by molar-refractivity contribution is -0.384. The molecule has 0 fully saturated rings. The summed E-state index contributed by atoms with van der Waals surface area (Å²) in [5.74, 6) is -5.82. The van der Waals surface area contributed by atoms with Gasteiger partial charge in [-0.3, -0.25) is 10.1 Å². The van der Waals surface area contributed by atoms with Gasteiger partial charge in [0, 0.05) is 0 Å². The van der Waals surface area contributed by atoms with Gasteiger partial charge in [-0.25, -0.2) is 19.2 Å². The molecule has 0 spiro atoms. The van der Waals surface area contributed by atoms with Crippen LogP contribution < -0.4 is 0 Å². The van der Waals surface area contributed by atoms with E-state index in [2.05, 4.69) is 0 Å². The van der Waals surface area contributed by atoms with Crippen molar-refractivity contribution < 1.29 is 44.5 Å². The summed E-state index contributed by atoms with van der Waals surface area (Å²) in [6.45, 7) is 0. The third kappa shape index (κ3) is 4.51. The molecule has 166 valence electrons. The lowest BCUT2D eigenvalue weighted by Crippen LogP contribution is -2.08. The Kier molecular flexibility index (Phi) is 5.89. The van der Waals surface area contributed by atoms with E-state index in [0.717, 1.165) is 12.1 Å². The van der Waals surface area contributed by atoms with Crippen molar-refractivity contribution in [1.29, 1.82) is 0 Å². The maximum atomic E-state index is 11.6. The van der Waals surface area contributed by atoms with Gasteiger partial charge in [-0.1, -0.05) is 24.3 Å².